The van der Waals surface area contributed by atoms with Gasteiger partial charge in [-0.05, 0) is 37.3 Å². The Kier molecular flexibility index (Phi) is 4.65. The van der Waals surface area contributed by atoms with E-state index in [1.54, 1.807) is 54.2 Å². The first-order valence-corrected chi connectivity index (χ1v) is 6.74. The molecule has 0 aliphatic rings. The fourth-order valence-electron chi connectivity index (χ4n) is 1.76. The van der Waals surface area contributed by atoms with Gasteiger partial charge >= 0.3 is 5.97 Å². The zero-order valence-electron chi connectivity index (χ0n) is 11.7. The highest BCUT2D eigenvalue weighted by molar-refractivity contribution is 6.30. The molecule has 1 aromatic heterocycles. The Morgan fingerprint density at radius 1 is 1.29 bits per heavy atom. The van der Waals surface area contributed by atoms with Crippen molar-refractivity contribution in [3.8, 4) is 0 Å². The van der Waals surface area contributed by atoms with Gasteiger partial charge < -0.3 is 14.6 Å². The van der Waals surface area contributed by atoms with Crippen molar-refractivity contribution in [2.45, 2.75) is 13.0 Å². The molecule has 110 valence electrons. The molecule has 1 N–H and O–H groups in total. The van der Waals surface area contributed by atoms with Gasteiger partial charge in [0.25, 0.3) is 5.91 Å². The van der Waals surface area contributed by atoms with Crippen LogP contribution in [0.25, 0.3) is 0 Å². The summed E-state index contributed by atoms with van der Waals surface area (Å²) in [7, 11) is 1.73. The van der Waals surface area contributed by atoms with E-state index in [0.717, 1.165) is 0 Å². The Balaban J connectivity index is 1.97. The van der Waals surface area contributed by atoms with E-state index in [9.17, 15) is 9.59 Å². The number of halogens is 1. The van der Waals surface area contributed by atoms with Crippen molar-refractivity contribution in [1.29, 1.82) is 0 Å². The standard InChI is InChI=1S/C15H15ClN2O3/c1-10(21-15(20)13-7-4-8-18(13)2)14(19)17-12-6-3-5-11(16)9-12/h3-10H,1-2H3,(H,17,19). The quantitative estimate of drug-likeness (QED) is 0.884. The zero-order chi connectivity index (χ0) is 15.4. The number of benzene rings is 1. The number of ether oxygens (including phenoxy) is 1. The molecule has 0 radical (unpaired) electrons. The molecule has 0 fully saturated rings. The molecule has 0 saturated heterocycles. The van der Waals surface area contributed by atoms with Crippen LogP contribution in [0.15, 0.2) is 42.6 Å². The monoisotopic (exact) mass is 306 g/mol. The first-order chi connectivity index (χ1) is 9.97. The highest BCUT2D eigenvalue weighted by Gasteiger charge is 2.20. The molecule has 6 heteroatoms. The number of carbonyl (C=O) groups is 2. The average molecular weight is 307 g/mol. The third kappa shape index (κ3) is 3.86. The smallest absolute Gasteiger partial charge is 0.355 e. The molecule has 0 bridgehead atoms. The molecule has 21 heavy (non-hydrogen) atoms. The summed E-state index contributed by atoms with van der Waals surface area (Å²) in [6.45, 7) is 1.51. The minimum Gasteiger partial charge on any atom is -0.448 e. The van der Waals surface area contributed by atoms with Crippen molar-refractivity contribution >= 4 is 29.2 Å². The second-order valence-electron chi connectivity index (χ2n) is 4.55. The zero-order valence-corrected chi connectivity index (χ0v) is 12.4. The summed E-state index contributed by atoms with van der Waals surface area (Å²) >= 11 is 5.84. The van der Waals surface area contributed by atoms with E-state index in [4.69, 9.17) is 16.3 Å². The summed E-state index contributed by atoms with van der Waals surface area (Å²) in [6.07, 6.45) is 0.819. The minimum atomic E-state index is -0.911. The maximum Gasteiger partial charge on any atom is 0.355 e. The fourth-order valence-corrected chi connectivity index (χ4v) is 1.95. The van der Waals surface area contributed by atoms with Gasteiger partial charge in [0.2, 0.25) is 0 Å². The van der Waals surface area contributed by atoms with Crippen LogP contribution in [0, 0.1) is 0 Å². The van der Waals surface area contributed by atoms with Crippen LogP contribution < -0.4 is 5.32 Å². The molecule has 0 spiro atoms. The number of rotatable bonds is 4. The van der Waals surface area contributed by atoms with E-state index in [0.29, 0.717) is 16.4 Å². The SMILES string of the molecule is CC(OC(=O)c1cccn1C)C(=O)Nc1cccc(Cl)c1. The van der Waals surface area contributed by atoms with Crippen molar-refractivity contribution in [2.75, 3.05) is 5.32 Å². The molecule has 1 amide bonds. The fraction of sp³-hybridized carbons (Fsp3) is 0.200. The lowest BCUT2D eigenvalue weighted by molar-refractivity contribution is -0.123. The summed E-state index contributed by atoms with van der Waals surface area (Å²) in [4.78, 5) is 23.9. The van der Waals surface area contributed by atoms with E-state index in [-0.39, 0.29) is 0 Å². The number of nitrogens with one attached hydrogen (secondary N) is 1. The lowest BCUT2D eigenvalue weighted by Gasteiger charge is -2.14. The molecule has 2 aromatic rings. The first-order valence-electron chi connectivity index (χ1n) is 6.36. The van der Waals surface area contributed by atoms with E-state index < -0.39 is 18.0 Å². The predicted octanol–water partition coefficient (Wildman–Crippen LogP) is 2.86. The largest absolute Gasteiger partial charge is 0.448 e. The highest BCUT2D eigenvalue weighted by Crippen LogP contribution is 2.15. The molecule has 1 heterocycles. The number of amides is 1. The van der Waals surface area contributed by atoms with Crippen molar-refractivity contribution < 1.29 is 14.3 Å². The van der Waals surface area contributed by atoms with Crippen LogP contribution in [-0.4, -0.2) is 22.5 Å². The van der Waals surface area contributed by atoms with Gasteiger partial charge in [0, 0.05) is 24.0 Å². The van der Waals surface area contributed by atoms with Crippen molar-refractivity contribution in [3.63, 3.8) is 0 Å². The average Bonchev–Trinajstić information content (AvgIpc) is 2.85. The molecule has 0 aliphatic heterocycles. The van der Waals surface area contributed by atoms with Crippen molar-refractivity contribution in [1.82, 2.24) is 4.57 Å². The molecule has 1 atom stereocenters. The predicted molar refractivity (Wildman–Crippen MR) is 80.4 cm³/mol. The summed E-state index contributed by atoms with van der Waals surface area (Å²) in [6, 6.07) is 10.1. The van der Waals surface area contributed by atoms with Crippen LogP contribution in [0.3, 0.4) is 0 Å². The van der Waals surface area contributed by atoms with Gasteiger partial charge in [-0.25, -0.2) is 4.79 Å². The first kappa shape index (κ1) is 15.1. The Morgan fingerprint density at radius 3 is 2.67 bits per heavy atom. The Morgan fingerprint density at radius 2 is 2.05 bits per heavy atom. The van der Waals surface area contributed by atoms with Crippen LogP contribution in [0.2, 0.25) is 5.02 Å². The summed E-state index contributed by atoms with van der Waals surface area (Å²) in [5.74, 6) is -0.962. The number of esters is 1. The van der Waals surface area contributed by atoms with E-state index in [1.165, 1.54) is 6.92 Å². The van der Waals surface area contributed by atoms with Gasteiger partial charge in [-0.15, -0.1) is 0 Å². The van der Waals surface area contributed by atoms with Crippen LogP contribution in [0.4, 0.5) is 5.69 Å². The number of carbonyl (C=O) groups excluding carboxylic acids is 2. The lowest BCUT2D eigenvalue weighted by Crippen LogP contribution is -2.30. The Bertz CT molecular complexity index is 666. The number of hydrogen-bond donors (Lipinski definition) is 1. The normalized spacial score (nSPS) is 11.8. The minimum absolute atomic E-state index is 0.386. The third-order valence-corrected chi connectivity index (χ3v) is 3.13. The van der Waals surface area contributed by atoms with Gasteiger partial charge in [-0.3, -0.25) is 4.79 Å². The molecule has 2 rings (SSSR count). The molecule has 1 unspecified atom stereocenters. The molecule has 0 saturated carbocycles. The van der Waals surface area contributed by atoms with Crippen LogP contribution >= 0.6 is 11.6 Å². The molecular formula is C15H15ClN2O3. The van der Waals surface area contributed by atoms with Gasteiger partial charge in [-0.1, -0.05) is 17.7 Å². The second kappa shape index (κ2) is 6.45. The molecule has 1 aromatic carbocycles. The number of nitrogens with zero attached hydrogens (tertiary/aromatic N) is 1. The highest BCUT2D eigenvalue weighted by atomic mass is 35.5. The topological polar surface area (TPSA) is 60.3 Å². The number of aryl methyl sites for hydroxylation is 1. The van der Waals surface area contributed by atoms with Gasteiger partial charge in [0.05, 0.1) is 0 Å². The van der Waals surface area contributed by atoms with Crippen molar-refractivity contribution in [3.05, 3.63) is 53.3 Å². The van der Waals surface area contributed by atoms with Crippen LogP contribution in [0.5, 0.6) is 0 Å². The third-order valence-electron chi connectivity index (χ3n) is 2.90. The van der Waals surface area contributed by atoms with Crippen LogP contribution in [-0.2, 0) is 16.6 Å². The maximum atomic E-state index is 12.0. The lowest BCUT2D eigenvalue weighted by atomic mass is 10.3. The number of hydrogen-bond acceptors (Lipinski definition) is 3. The van der Waals surface area contributed by atoms with Crippen LogP contribution in [0.1, 0.15) is 17.4 Å². The van der Waals surface area contributed by atoms with Gasteiger partial charge in [0.15, 0.2) is 6.10 Å². The summed E-state index contributed by atoms with van der Waals surface area (Å²) in [5, 5.41) is 3.16. The second-order valence-corrected chi connectivity index (χ2v) is 4.99. The molecular weight excluding hydrogens is 292 g/mol. The molecule has 0 aliphatic carbocycles. The molecule has 5 nitrogen and oxygen atoms in total. The van der Waals surface area contributed by atoms with E-state index in [2.05, 4.69) is 5.32 Å². The van der Waals surface area contributed by atoms with Crippen molar-refractivity contribution in [2.24, 2.45) is 7.05 Å². The Labute approximate surface area is 127 Å². The van der Waals surface area contributed by atoms with Gasteiger partial charge in [-0.2, -0.15) is 0 Å². The van der Waals surface area contributed by atoms with Gasteiger partial charge in [0.1, 0.15) is 5.69 Å². The van der Waals surface area contributed by atoms with E-state index >= 15 is 0 Å². The number of anilines is 1. The maximum absolute atomic E-state index is 12.0. The Hall–Kier alpha value is -2.27. The number of aromatic nitrogens is 1. The summed E-state index contributed by atoms with van der Waals surface area (Å²) in [5.41, 5.74) is 0.937. The van der Waals surface area contributed by atoms with E-state index in [1.807, 2.05) is 0 Å². The summed E-state index contributed by atoms with van der Waals surface area (Å²) < 4.78 is 6.76.